The van der Waals surface area contributed by atoms with Gasteiger partial charge >= 0.3 is 11.7 Å². The maximum Gasteiger partial charge on any atom is 0.333 e. The van der Waals surface area contributed by atoms with E-state index in [9.17, 15) is 9.59 Å². The van der Waals surface area contributed by atoms with E-state index in [0.717, 1.165) is 42.7 Å². The van der Waals surface area contributed by atoms with Crippen molar-refractivity contribution < 1.29 is 9.53 Å². The average Bonchev–Trinajstić information content (AvgIpc) is 3.35. The molecule has 1 aliphatic heterocycles. The van der Waals surface area contributed by atoms with Gasteiger partial charge in [-0.3, -0.25) is 14.0 Å². The van der Waals surface area contributed by atoms with Crippen LogP contribution in [0.1, 0.15) is 61.4 Å². The van der Waals surface area contributed by atoms with Crippen LogP contribution in [-0.4, -0.2) is 39.7 Å². The van der Waals surface area contributed by atoms with E-state index in [0.29, 0.717) is 17.5 Å². The van der Waals surface area contributed by atoms with Crippen molar-refractivity contribution >= 4 is 17.6 Å². The van der Waals surface area contributed by atoms with Crippen molar-refractivity contribution in [2.45, 2.75) is 44.7 Å². The standard InChI is InChI=1S/C32H34ClN3O3/c1-3-39-31(37)30(27-7-5-4-6-8-27)34-19-17-26(18-20-34)25-11-15-29(16-12-25)36-22-21-35(32(36)38)23(2)24-9-13-28(33)14-10-24/h4-16,21-23,26,30H,3,17-20H2,1-2H3/t23-,30?/m0/s1. The van der Waals surface area contributed by atoms with Crippen LogP contribution in [0.2, 0.25) is 5.02 Å². The molecular formula is C32H34ClN3O3. The Bertz CT molecular complexity index is 1440. The van der Waals surface area contributed by atoms with Crippen LogP contribution in [0.3, 0.4) is 0 Å². The summed E-state index contributed by atoms with van der Waals surface area (Å²) in [7, 11) is 0. The SMILES string of the molecule is CCOC(=O)C(c1ccccc1)N1CCC(c2ccc(-n3ccn([C@@H](C)c4ccc(Cl)cc4)c3=O)cc2)CC1. The van der Waals surface area contributed by atoms with Crippen molar-refractivity contribution in [3.63, 3.8) is 0 Å². The third-order valence-corrected chi connectivity index (χ3v) is 7.99. The van der Waals surface area contributed by atoms with Crippen molar-refractivity contribution in [1.29, 1.82) is 0 Å². The fourth-order valence-corrected chi connectivity index (χ4v) is 5.66. The molecule has 202 valence electrons. The Balaban J connectivity index is 1.27. The molecule has 3 aromatic carbocycles. The second kappa shape index (κ2) is 12.1. The minimum Gasteiger partial charge on any atom is -0.465 e. The van der Waals surface area contributed by atoms with Gasteiger partial charge in [0.05, 0.1) is 18.3 Å². The highest BCUT2D eigenvalue weighted by Gasteiger charge is 2.32. The Morgan fingerprint density at radius 3 is 2.23 bits per heavy atom. The first kappa shape index (κ1) is 27.0. The predicted octanol–water partition coefficient (Wildman–Crippen LogP) is 6.39. The Labute approximate surface area is 234 Å². The highest BCUT2D eigenvalue weighted by Crippen LogP contribution is 2.33. The normalized spacial score (nSPS) is 16.1. The summed E-state index contributed by atoms with van der Waals surface area (Å²) < 4.78 is 8.84. The zero-order valence-corrected chi connectivity index (χ0v) is 23.1. The lowest BCUT2D eigenvalue weighted by Gasteiger charge is -2.36. The van der Waals surface area contributed by atoms with Crippen LogP contribution in [-0.2, 0) is 9.53 Å². The van der Waals surface area contributed by atoms with Gasteiger partial charge < -0.3 is 4.74 Å². The number of piperidine rings is 1. The summed E-state index contributed by atoms with van der Waals surface area (Å²) in [6, 6.07) is 25.3. The molecule has 4 aromatic rings. The van der Waals surface area contributed by atoms with Gasteiger partial charge in [-0.25, -0.2) is 9.59 Å². The molecule has 0 radical (unpaired) electrons. The van der Waals surface area contributed by atoms with E-state index in [1.54, 1.807) is 9.13 Å². The van der Waals surface area contributed by atoms with Crippen molar-refractivity contribution in [3.05, 3.63) is 123 Å². The first-order valence-electron chi connectivity index (χ1n) is 13.6. The van der Waals surface area contributed by atoms with E-state index in [1.807, 2.05) is 93.0 Å². The van der Waals surface area contributed by atoms with Gasteiger partial charge in [0.15, 0.2) is 0 Å². The van der Waals surface area contributed by atoms with Crippen LogP contribution >= 0.6 is 11.6 Å². The molecule has 0 N–H and O–H groups in total. The topological polar surface area (TPSA) is 56.5 Å². The third kappa shape index (κ3) is 5.87. The lowest BCUT2D eigenvalue weighted by molar-refractivity contribution is -0.150. The first-order chi connectivity index (χ1) is 19.0. The highest BCUT2D eigenvalue weighted by atomic mass is 35.5. The summed E-state index contributed by atoms with van der Waals surface area (Å²) in [6.07, 6.45) is 5.56. The molecule has 39 heavy (non-hydrogen) atoms. The van der Waals surface area contributed by atoms with Crippen LogP contribution in [0.15, 0.2) is 96.1 Å². The second-order valence-electron chi connectivity index (χ2n) is 10.1. The van der Waals surface area contributed by atoms with E-state index in [2.05, 4.69) is 17.0 Å². The van der Waals surface area contributed by atoms with Crippen LogP contribution in [0, 0.1) is 0 Å². The molecule has 1 aromatic heterocycles. The number of imidazole rings is 1. The van der Waals surface area contributed by atoms with Gasteiger partial charge in [-0.05, 0) is 86.7 Å². The zero-order chi connectivity index (χ0) is 27.4. The Morgan fingerprint density at radius 1 is 0.923 bits per heavy atom. The summed E-state index contributed by atoms with van der Waals surface area (Å²) in [6.45, 7) is 5.86. The van der Waals surface area contributed by atoms with Gasteiger partial charge in [0.2, 0.25) is 0 Å². The van der Waals surface area contributed by atoms with Gasteiger partial charge in [0, 0.05) is 17.4 Å². The van der Waals surface area contributed by atoms with Gasteiger partial charge in [0.25, 0.3) is 0 Å². The summed E-state index contributed by atoms with van der Waals surface area (Å²) in [5, 5.41) is 0.677. The molecule has 0 bridgehead atoms. The summed E-state index contributed by atoms with van der Waals surface area (Å²) >= 11 is 6.02. The van der Waals surface area contributed by atoms with Crippen molar-refractivity contribution in [2.75, 3.05) is 19.7 Å². The molecule has 2 heterocycles. The van der Waals surface area contributed by atoms with Gasteiger partial charge in [-0.15, -0.1) is 0 Å². The second-order valence-corrected chi connectivity index (χ2v) is 10.5. The number of likely N-dealkylation sites (tertiary alicyclic amines) is 1. The van der Waals surface area contributed by atoms with E-state index >= 15 is 0 Å². The van der Waals surface area contributed by atoms with Gasteiger partial charge in [0.1, 0.15) is 6.04 Å². The average molecular weight is 544 g/mol. The number of ether oxygens (including phenoxy) is 1. The highest BCUT2D eigenvalue weighted by molar-refractivity contribution is 6.30. The summed E-state index contributed by atoms with van der Waals surface area (Å²) in [4.78, 5) is 28.3. The molecule has 0 aliphatic carbocycles. The van der Waals surface area contributed by atoms with Crippen LogP contribution in [0.5, 0.6) is 0 Å². The van der Waals surface area contributed by atoms with Crippen LogP contribution in [0.25, 0.3) is 5.69 Å². The van der Waals surface area contributed by atoms with E-state index in [1.165, 1.54) is 5.56 Å². The zero-order valence-electron chi connectivity index (χ0n) is 22.4. The summed E-state index contributed by atoms with van der Waals surface area (Å²) in [5.74, 6) is 0.217. The molecule has 1 unspecified atom stereocenters. The Kier molecular flexibility index (Phi) is 8.34. The van der Waals surface area contributed by atoms with Gasteiger partial charge in [-0.1, -0.05) is 66.2 Å². The molecule has 1 saturated heterocycles. The van der Waals surface area contributed by atoms with Crippen molar-refractivity contribution in [3.8, 4) is 5.69 Å². The number of nitrogens with zero attached hydrogens (tertiary/aromatic N) is 3. The lowest BCUT2D eigenvalue weighted by atomic mass is 9.88. The first-order valence-corrected chi connectivity index (χ1v) is 13.9. The number of hydrogen-bond donors (Lipinski definition) is 0. The largest absolute Gasteiger partial charge is 0.465 e. The molecule has 1 fully saturated rings. The number of benzene rings is 3. The molecule has 1 aliphatic rings. The summed E-state index contributed by atoms with van der Waals surface area (Å²) in [5.41, 5.74) is 4.02. The minimum atomic E-state index is -0.374. The number of halogens is 1. The molecule has 6 nitrogen and oxygen atoms in total. The fraction of sp³-hybridized carbons (Fsp3) is 0.312. The third-order valence-electron chi connectivity index (χ3n) is 7.74. The quantitative estimate of drug-likeness (QED) is 0.242. The smallest absolute Gasteiger partial charge is 0.333 e. The van der Waals surface area contributed by atoms with E-state index < -0.39 is 0 Å². The molecule has 0 saturated carbocycles. The van der Waals surface area contributed by atoms with Gasteiger partial charge in [-0.2, -0.15) is 0 Å². The predicted molar refractivity (Wildman–Crippen MR) is 155 cm³/mol. The molecule has 2 atom stereocenters. The Hall–Kier alpha value is -3.61. The van der Waals surface area contributed by atoms with Crippen molar-refractivity contribution in [1.82, 2.24) is 14.0 Å². The van der Waals surface area contributed by atoms with E-state index in [-0.39, 0.29) is 23.7 Å². The fourth-order valence-electron chi connectivity index (χ4n) is 5.53. The van der Waals surface area contributed by atoms with Crippen LogP contribution in [0.4, 0.5) is 0 Å². The van der Waals surface area contributed by atoms with Crippen LogP contribution < -0.4 is 5.69 Å². The molecule has 0 amide bonds. The number of rotatable bonds is 8. The number of carbonyl (C=O) groups is 1. The lowest BCUT2D eigenvalue weighted by Crippen LogP contribution is -2.40. The number of aromatic nitrogens is 2. The minimum absolute atomic E-state index is 0.0792. The monoisotopic (exact) mass is 543 g/mol. The Morgan fingerprint density at radius 2 is 1.59 bits per heavy atom. The van der Waals surface area contributed by atoms with E-state index in [4.69, 9.17) is 16.3 Å². The molecule has 7 heteroatoms. The maximum absolute atomic E-state index is 13.2. The molecule has 0 spiro atoms. The number of hydrogen-bond acceptors (Lipinski definition) is 4. The molecule has 5 rings (SSSR count). The number of esters is 1. The molecular weight excluding hydrogens is 510 g/mol. The maximum atomic E-state index is 13.2. The van der Waals surface area contributed by atoms with Crippen molar-refractivity contribution in [2.24, 2.45) is 0 Å². The number of carbonyl (C=O) groups excluding carboxylic acids is 1.